The lowest BCUT2D eigenvalue weighted by Gasteiger charge is -2.44. The summed E-state index contributed by atoms with van der Waals surface area (Å²) in [6.07, 6.45) is 3.34. The maximum atomic E-state index is 13.7. The van der Waals surface area contributed by atoms with Crippen molar-refractivity contribution in [3.63, 3.8) is 0 Å². The van der Waals surface area contributed by atoms with E-state index in [1.807, 2.05) is 0 Å². The number of halogens is 3. The Morgan fingerprint density at radius 1 is 0.879 bits per heavy atom. The third-order valence-corrected chi connectivity index (χ3v) is 7.64. The van der Waals surface area contributed by atoms with E-state index < -0.39 is 11.7 Å². The van der Waals surface area contributed by atoms with Gasteiger partial charge in [0, 0.05) is 44.3 Å². The van der Waals surface area contributed by atoms with Crippen LogP contribution in [-0.2, 0) is 11.0 Å². The lowest BCUT2D eigenvalue weighted by atomic mass is 9.92. The molecule has 0 bridgehead atoms. The van der Waals surface area contributed by atoms with Gasteiger partial charge in [-0.3, -0.25) is 14.5 Å². The van der Waals surface area contributed by atoms with Gasteiger partial charge in [-0.15, -0.1) is 0 Å². The van der Waals surface area contributed by atoms with Gasteiger partial charge >= 0.3 is 6.18 Å². The fourth-order valence-corrected chi connectivity index (χ4v) is 5.71. The standard InChI is InChI=1S/C25H34F3N3O2/c1-18-6-4-5-13-31(18)24(33)22(19-7-2-3-8-19)29-14-16-30(17-15-29)23(32)20-9-11-21(12-10-20)25(26,27)28/h9-12,18-19,22H,2-8,13-17H2,1H3/t18-,22-/m1/s1. The van der Waals surface area contributed by atoms with Crippen molar-refractivity contribution in [2.75, 3.05) is 32.7 Å². The molecule has 182 valence electrons. The van der Waals surface area contributed by atoms with Crippen molar-refractivity contribution in [3.8, 4) is 0 Å². The van der Waals surface area contributed by atoms with Gasteiger partial charge < -0.3 is 9.80 Å². The molecule has 8 heteroatoms. The minimum Gasteiger partial charge on any atom is -0.339 e. The molecule has 0 spiro atoms. The van der Waals surface area contributed by atoms with Crippen molar-refractivity contribution in [3.05, 3.63) is 35.4 Å². The highest BCUT2D eigenvalue weighted by molar-refractivity contribution is 5.94. The van der Waals surface area contributed by atoms with Gasteiger partial charge in [-0.1, -0.05) is 12.8 Å². The molecule has 0 aromatic heterocycles. The van der Waals surface area contributed by atoms with Crippen molar-refractivity contribution < 1.29 is 22.8 Å². The van der Waals surface area contributed by atoms with Crippen LogP contribution in [0.4, 0.5) is 13.2 Å². The van der Waals surface area contributed by atoms with Gasteiger partial charge in [0.05, 0.1) is 11.6 Å². The van der Waals surface area contributed by atoms with E-state index in [-0.39, 0.29) is 29.5 Å². The first kappa shape index (κ1) is 24.0. The van der Waals surface area contributed by atoms with Crippen LogP contribution in [-0.4, -0.2) is 71.3 Å². The molecule has 1 aromatic rings. The highest BCUT2D eigenvalue weighted by atomic mass is 19.4. The first-order valence-electron chi connectivity index (χ1n) is 12.3. The van der Waals surface area contributed by atoms with Gasteiger partial charge in [0.25, 0.3) is 5.91 Å². The Labute approximate surface area is 193 Å². The Morgan fingerprint density at radius 2 is 1.48 bits per heavy atom. The molecule has 2 atom stereocenters. The monoisotopic (exact) mass is 465 g/mol. The van der Waals surface area contributed by atoms with Crippen molar-refractivity contribution in [2.45, 2.75) is 70.1 Å². The first-order chi connectivity index (χ1) is 15.8. The van der Waals surface area contributed by atoms with Crippen LogP contribution < -0.4 is 0 Å². The third kappa shape index (κ3) is 5.36. The second-order valence-electron chi connectivity index (χ2n) is 9.77. The number of hydrogen-bond acceptors (Lipinski definition) is 3. The maximum absolute atomic E-state index is 13.7. The van der Waals surface area contributed by atoms with Crippen LogP contribution in [0.3, 0.4) is 0 Å². The Morgan fingerprint density at radius 3 is 2.06 bits per heavy atom. The zero-order chi connectivity index (χ0) is 23.6. The number of benzene rings is 1. The Balaban J connectivity index is 1.41. The van der Waals surface area contributed by atoms with E-state index in [1.54, 1.807) is 4.90 Å². The smallest absolute Gasteiger partial charge is 0.339 e. The second-order valence-corrected chi connectivity index (χ2v) is 9.77. The summed E-state index contributed by atoms with van der Waals surface area (Å²) < 4.78 is 38.4. The number of piperidine rings is 1. The Kier molecular flexibility index (Phi) is 7.31. The third-order valence-electron chi connectivity index (χ3n) is 7.64. The van der Waals surface area contributed by atoms with Crippen LogP contribution in [0.5, 0.6) is 0 Å². The van der Waals surface area contributed by atoms with E-state index in [1.165, 1.54) is 18.6 Å². The number of piperazine rings is 1. The fourth-order valence-electron chi connectivity index (χ4n) is 5.71. The number of rotatable bonds is 4. The van der Waals surface area contributed by atoms with Gasteiger partial charge in [-0.2, -0.15) is 13.2 Å². The molecular formula is C25H34F3N3O2. The van der Waals surface area contributed by atoms with E-state index in [9.17, 15) is 22.8 Å². The summed E-state index contributed by atoms with van der Waals surface area (Å²) in [5.41, 5.74) is -0.490. The minimum absolute atomic E-state index is 0.128. The number of likely N-dealkylation sites (tertiary alicyclic amines) is 1. The van der Waals surface area contributed by atoms with Crippen LogP contribution in [0.1, 0.15) is 67.8 Å². The number of carbonyl (C=O) groups is 2. The summed E-state index contributed by atoms with van der Waals surface area (Å²) in [6, 6.07) is 4.56. The lowest BCUT2D eigenvalue weighted by molar-refractivity contribution is -0.143. The highest BCUT2D eigenvalue weighted by Crippen LogP contribution is 2.33. The van der Waals surface area contributed by atoms with Gasteiger partial charge in [0.2, 0.25) is 5.91 Å². The number of carbonyl (C=O) groups excluding carboxylic acids is 2. The quantitative estimate of drug-likeness (QED) is 0.661. The normalized spacial score (nSPS) is 24.2. The van der Waals surface area contributed by atoms with Crippen molar-refractivity contribution in [2.24, 2.45) is 5.92 Å². The fraction of sp³-hybridized carbons (Fsp3) is 0.680. The number of alkyl halides is 3. The predicted octanol–water partition coefficient (Wildman–Crippen LogP) is 4.42. The minimum atomic E-state index is -4.42. The number of nitrogens with zero attached hydrogens (tertiary/aromatic N) is 3. The van der Waals surface area contributed by atoms with Crippen molar-refractivity contribution in [1.82, 2.24) is 14.7 Å². The summed E-state index contributed by atoms with van der Waals surface area (Å²) in [4.78, 5) is 32.6. The van der Waals surface area contributed by atoms with Gasteiger partial charge in [-0.05, 0) is 69.2 Å². The van der Waals surface area contributed by atoms with Crippen molar-refractivity contribution in [1.29, 1.82) is 0 Å². The largest absolute Gasteiger partial charge is 0.416 e. The molecule has 3 aliphatic rings. The summed E-state index contributed by atoms with van der Waals surface area (Å²) >= 11 is 0. The van der Waals surface area contributed by atoms with Crippen LogP contribution in [0.2, 0.25) is 0 Å². The van der Waals surface area contributed by atoms with Gasteiger partial charge in [-0.25, -0.2) is 0 Å². The Bertz CT molecular complexity index is 828. The SMILES string of the molecule is C[C@@H]1CCCCN1C(=O)[C@@H](C1CCCC1)N1CCN(C(=O)c2ccc(C(F)(F)F)cc2)CC1. The molecule has 1 aromatic carbocycles. The predicted molar refractivity (Wildman–Crippen MR) is 120 cm³/mol. The van der Waals surface area contributed by atoms with E-state index in [4.69, 9.17) is 0 Å². The molecule has 33 heavy (non-hydrogen) atoms. The van der Waals surface area contributed by atoms with E-state index in [0.717, 1.165) is 57.2 Å². The number of amides is 2. The summed E-state index contributed by atoms with van der Waals surface area (Å²) in [7, 11) is 0. The van der Waals surface area contributed by atoms with Gasteiger partial charge in [0.1, 0.15) is 0 Å². The summed E-state index contributed by atoms with van der Waals surface area (Å²) in [6.45, 7) is 5.15. The average molecular weight is 466 g/mol. The first-order valence-corrected chi connectivity index (χ1v) is 12.3. The van der Waals surface area contributed by atoms with Crippen LogP contribution in [0, 0.1) is 5.92 Å². The van der Waals surface area contributed by atoms with Crippen LogP contribution in [0.25, 0.3) is 0 Å². The average Bonchev–Trinajstić information content (AvgIpc) is 3.33. The molecule has 4 rings (SSSR count). The maximum Gasteiger partial charge on any atom is 0.416 e. The summed E-state index contributed by atoms with van der Waals surface area (Å²) in [5.74, 6) is 0.358. The molecule has 0 unspecified atom stereocenters. The van der Waals surface area contributed by atoms with E-state index in [0.29, 0.717) is 32.1 Å². The molecule has 3 fully saturated rings. The topological polar surface area (TPSA) is 43.9 Å². The molecule has 5 nitrogen and oxygen atoms in total. The van der Waals surface area contributed by atoms with E-state index in [2.05, 4.69) is 16.7 Å². The zero-order valence-corrected chi connectivity index (χ0v) is 19.3. The Hall–Kier alpha value is -2.09. The van der Waals surface area contributed by atoms with E-state index >= 15 is 0 Å². The molecule has 2 amide bonds. The van der Waals surface area contributed by atoms with Crippen LogP contribution >= 0.6 is 0 Å². The molecule has 0 radical (unpaired) electrons. The molecule has 1 saturated carbocycles. The highest BCUT2D eigenvalue weighted by Gasteiger charge is 2.40. The van der Waals surface area contributed by atoms with Crippen molar-refractivity contribution >= 4 is 11.8 Å². The van der Waals surface area contributed by atoms with Crippen LogP contribution in [0.15, 0.2) is 24.3 Å². The number of hydrogen-bond donors (Lipinski definition) is 0. The molecule has 2 aliphatic heterocycles. The molecule has 1 aliphatic carbocycles. The molecule has 2 heterocycles. The lowest BCUT2D eigenvalue weighted by Crippen LogP contribution is -2.60. The van der Waals surface area contributed by atoms with Gasteiger partial charge in [0.15, 0.2) is 0 Å². The summed E-state index contributed by atoms with van der Waals surface area (Å²) in [5, 5.41) is 0. The second kappa shape index (κ2) is 10.0. The molecule has 2 saturated heterocycles. The molecular weight excluding hydrogens is 431 g/mol. The zero-order valence-electron chi connectivity index (χ0n) is 19.3. The molecule has 0 N–H and O–H groups in total.